The summed E-state index contributed by atoms with van der Waals surface area (Å²) in [5, 5.41) is 0. The van der Waals surface area contributed by atoms with Gasteiger partial charge in [-0.25, -0.2) is 4.39 Å². The van der Waals surface area contributed by atoms with Gasteiger partial charge in [-0.1, -0.05) is 20.3 Å². The van der Waals surface area contributed by atoms with Crippen molar-refractivity contribution in [2.75, 3.05) is 14.2 Å². The average Bonchev–Trinajstić information content (AvgIpc) is 2.77. The van der Waals surface area contributed by atoms with Crippen LogP contribution in [0.5, 0.6) is 11.5 Å². The summed E-state index contributed by atoms with van der Waals surface area (Å²) in [5.41, 5.74) is 7.02. The van der Waals surface area contributed by atoms with Gasteiger partial charge in [0.1, 0.15) is 5.82 Å². The van der Waals surface area contributed by atoms with Gasteiger partial charge in [0.15, 0.2) is 11.5 Å². The van der Waals surface area contributed by atoms with Crippen molar-refractivity contribution in [1.29, 1.82) is 0 Å². The van der Waals surface area contributed by atoms with E-state index in [2.05, 4.69) is 13.8 Å². The molecule has 1 aromatic carbocycles. The van der Waals surface area contributed by atoms with E-state index in [0.29, 0.717) is 17.1 Å². The normalized spacial score (nSPS) is 22.6. The minimum atomic E-state index is -0.321. The van der Waals surface area contributed by atoms with Crippen LogP contribution in [0, 0.1) is 17.2 Å². The minimum Gasteiger partial charge on any atom is -0.493 e. The third-order valence-electron chi connectivity index (χ3n) is 4.64. The second-order valence-electron chi connectivity index (χ2n) is 6.24. The molecule has 3 nitrogen and oxygen atoms in total. The molecule has 1 aliphatic rings. The van der Waals surface area contributed by atoms with Gasteiger partial charge in [-0.3, -0.25) is 0 Å². The van der Waals surface area contributed by atoms with E-state index < -0.39 is 0 Å². The van der Waals surface area contributed by atoms with Gasteiger partial charge >= 0.3 is 0 Å². The van der Waals surface area contributed by atoms with Crippen molar-refractivity contribution in [3.05, 3.63) is 23.5 Å². The number of rotatable bonds is 4. The number of ether oxygens (including phenoxy) is 2. The Bertz CT molecular complexity index is 488. The van der Waals surface area contributed by atoms with Crippen LogP contribution in [-0.2, 0) is 0 Å². The first-order valence-corrected chi connectivity index (χ1v) is 7.07. The van der Waals surface area contributed by atoms with Gasteiger partial charge in [0.2, 0.25) is 0 Å². The summed E-state index contributed by atoms with van der Waals surface area (Å²) in [5.74, 6) is 0.884. The van der Waals surface area contributed by atoms with Crippen molar-refractivity contribution >= 4 is 0 Å². The van der Waals surface area contributed by atoms with Crippen LogP contribution in [0.25, 0.3) is 0 Å². The van der Waals surface area contributed by atoms with Gasteiger partial charge in [-0.05, 0) is 30.2 Å². The molecule has 1 saturated carbocycles. The van der Waals surface area contributed by atoms with Crippen LogP contribution in [0.15, 0.2) is 12.1 Å². The lowest BCUT2D eigenvalue weighted by Crippen LogP contribution is -2.30. The highest BCUT2D eigenvalue weighted by molar-refractivity contribution is 5.45. The Labute approximate surface area is 120 Å². The van der Waals surface area contributed by atoms with Gasteiger partial charge in [0, 0.05) is 17.7 Å². The van der Waals surface area contributed by atoms with Crippen LogP contribution in [0.3, 0.4) is 0 Å². The van der Waals surface area contributed by atoms with E-state index in [1.165, 1.54) is 13.2 Å². The second kappa shape index (κ2) is 5.60. The minimum absolute atomic E-state index is 0.152. The molecule has 4 heteroatoms. The molecule has 1 fully saturated rings. The van der Waals surface area contributed by atoms with E-state index in [9.17, 15) is 4.39 Å². The topological polar surface area (TPSA) is 44.5 Å². The predicted molar refractivity (Wildman–Crippen MR) is 77.6 cm³/mol. The molecule has 0 heterocycles. The lowest BCUT2D eigenvalue weighted by atomic mass is 9.75. The van der Waals surface area contributed by atoms with Gasteiger partial charge in [-0.2, -0.15) is 0 Å². The van der Waals surface area contributed by atoms with E-state index in [4.69, 9.17) is 15.2 Å². The Kier molecular flexibility index (Phi) is 4.23. The van der Waals surface area contributed by atoms with E-state index in [1.807, 2.05) is 0 Å². The highest BCUT2D eigenvalue weighted by Crippen LogP contribution is 2.48. The summed E-state index contributed by atoms with van der Waals surface area (Å²) in [4.78, 5) is 0. The predicted octanol–water partition coefficient (Wildman–Crippen LogP) is 3.67. The maximum absolute atomic E-state index is 14.3. The fourth-order valence-electron chi connectivity index (χ4n) is 3.36. The summed E-state index contributed by atoms with van der Waals surface area (Å²) in [7, 11) is 3.04. The molecule has 0 aliphatic heterocycles. The SMILES string of the molecule is COc1cc(F)c(C(N)C2CCCC2(C)C)cc1OC. The highest BCUT2D eigenvalue weighted by atomic mass is 19.1. The quantitative estimate of drug-likeness (QED) is 0.915. The molecule has 0 bridgehead atoms. The number of halogens is 1. The van der Waals surface area contributed by atoms with Crippen molar-refractivity contribution in [1.82, 2.24) is 0 Å². The van der Waals surface area contributed by atoms with Crippen LogP contribution < -0.4 is 15.2 Å². The van der Waals surface area contributed by atoms with E-state index in [0.717, 1.165) is 19.3 Å². The maximum Gasteiger partial charge on any atom is 0.163 e. The monoisotopic (exact) mass is 281 g/mol. The Balaban J connectivity index is 2.37. The number of hydrogen-bond acceptors (Lipinski definition) is 3. The van der Waals surface area contributed by atoms with Crippen molar-refractivity contribution in [3.63, 3.8) is 0 Å². The Hall–Kier alpha value is -1.29. The van der Waals surface area contributed by atoms with E-state index in [1.54, 1.807) is 13.2 Å². The summed E-state index contributed by atoms with van der Waals surface area (Å²) >= 11 is 0. The first-order valence-electron chi connectivity index (χ1n) is 7.07. The van der Waals surface area contributed by atoms with Gasteiger partial charge in [0.25, 0.3) is 0 Å². The molecule has 2 rings (SSSR count). The number of methoxy groups -OCH3 is 2. The van der Waals surface area contributed by atoms with Crippen molar-refractivity contribution in [2.45, 2.75) is 39.2 Å². The van der Waals surface area contributed by atoms with E-state index >= 15 is 0 Å². The maximum atomic E-state index is 14.3. The van der Waals surface area contributed by atoms with Crippen LogP contribution in [-0.4, -0.2) is 14.2 Å². The fraction of sp³-hybridized carbons (Fsp3) is 0.625. The molecule has 2 N–H and O–H groups in total. The van der Waals surface area contributed by atoms with Crippen LogP contribution in [0.1, 0.15) is 44.7 Å². The van der Waals surface area contributed by atoms with Crippen LogP contribution in [0.4, 0.5) is 4.39 Å². The first-order chi connectivity index (χ1) is 9.40. The van der Waals surface area contributed by atoms with E-state index in [-0.39, 0.29) is 23.2 Å². The molecule has 0 radical (unpaired) electrons. The average molecular weight is 281 g/mol. The lowest BCUT2D eigenvalue weighted by Gasteiger charge is -2.32. The molecule has 1 aliphatic carbocycles. The largest absolute Gasteiger partial charge is 0.493 e. The zero-order valence-electron chi connectivity index (χ0n) is 12.7. The van der Waals surface area contributed by atoms with Gasteiger partial charge < -0.3 is 15.2 Å². The number of hydrogen-bond donors (Lipinski definition) is 1. The summed E-state index contributed by atoms with van der Waals surface area (Å²) < 4.78 is 24.7. The molecule has 0 spiro atoms. The summed E-state index contributed by atoms with van der Waals surface area (Å²) in [6, 6.07) is 2.72. The van der Waals surface area contributed by atoms with Gasteiger partial charge in [0.05, 0.1) is 14.2 Å². The van der Waals surface area contributed by atoms with Crippen LogP contribution >= 0.6 is 0 Å². The molecule has 2 unspecified atom stereocenters. The molecular weight excluding hydrogens is 257 g/mol. The Morgan fingerprint density at radius 3 is 2.35 bits per heavy atom. The molecule has 1 aromatic rings. The molecular formula is C16H24FNO2. The third-order valence-corrected chi connectivity index (χ3v) is 4.64. The van der Waals surface area contributed by atoms with Crippen molar-refractivity contribution in [2.24, 2.45) is 17.1 Å². The smallest absolute Gasteiger partial charge is 0.163 e. The Morgan fingerprint density at radius 1 is 1.25 bits per heavy atom. The fourth-order valence-corrected chi connectivity index (χ4v) is 3.36. The summed E-state index contributed by atoms with van der Waals surface area (Å²) in [6.07, 6.45) is 3.34. The third kappa shape index (κ3) is 2.62. The molecule has 0 aromatic heterocycles. The highest BCUT2D eigenvalue weighted by Gasteiger charge is 2.39. The van der Waals surface area contributed by atoms with Crippen molar-refractivity contribution in [3.8, 4) is 11.5 Å². The van der Waals surface area contributed by atoms with Gasteiger partial charge in [-0.15, -0.1) is 0 Å². The van der Waals surface area contributed by atoms with Crippen LogP contribution in [0.2, 0.25) is 0 Å². The summed E-state index contributed by atoms with van der Waals surface area (Å²) in [6.45, 7) is 4.42. The second-order valence-corrected chi connectivity index (χ2v) is 6.24. The zero-order valence-corrected chi connectivity index (χ0v) is 12.7. The lowest BCUT2D eigenvalue weighted by molar-refractivity contribution is 0.219. The number of benzene rings is 1. The zero-order chi connectivity index (χ0) is 14.9. The molecule has 20 heavy (non-hydrogen) atoms. The van der Waals surface area contributed by atoms with Crippen molar-refractivity contribution < 1.29 is 13.9 Å². The molecule has 112 valence electrons. The molecule has 2 atom stereocenters. The standard InChI is InChI=1S/C16H24FNO2/c1-16(2)7-5-6-11(16)15(18)10-8-13(19-3)14(20-4)9-12(10)17/h8-9,11,15H,5-7,18H2,1-4H3. The molecule has 0 saturated heterocycles. The number of nitrogens with two attached hydrogens (primary N) is 1. The Morgan fingerprint density at radius 2 is 1.85 bits per heavy atom. The molecule has 0 amide bonds. The first kappa shape index (κ1) is 15.1.